The van der Waals surface area contributed by atoms with Crippen LogP contribution in [0.5, 0.6) is 0 Å². The van der Waals surface area contributed by atoms with Crippen LogP contribution in [-0.2, 0) is 4.74 Å². The summed E-state index contributed by atoms with van der Waals surface area (Å²) < 4.78 is 7.29. The van der Waals surface area contributed by atoms with Crippen molar-refractivity contribution in [3.63, 3.8) is 0 Å². The summed E-state index contributed by atoms with van der Waals surface area (Å²) in [7, 11) is 0. The number of ether oxygens (including phenoxy) is 1. The van der Waals surface area contributed by atoms with Crippen molar-refractivity contribution in [2.24, 2.45) is 0 Å². The van der Waals surface area contributed by atoms with Crippen LogP contribution < -0.4 is 10.2 Å². The first-order chi connectivity index (χ1) is 14.3. The van der Waals surface area contributed by atoms with Gasteiger partial charge in [-0.3, -0.25) is 0 Å². The summed E-state index contributed by atoms with van der Waals surface area (Å²) >= 11 is 0. The highest BCUT2D eigenvalue weighted by Crippen LogP contribution is 2.26. The Morgan fingerprint density at radius 1 is 0.931 bits per heavy atom. The number of rotatable bonds is 4. The predicted molar refractivity (Wildman–Crippen MR) is 114 cm³/mol. The third-order valence-electron chi connectivity index (χ3n) is 5.23. The molecule has 0 amide bonds. The SMILES string of the molecule is Cc1ccccc1Nc1ncnc2c1cnn2-c1ccc(N2CCOCC2)cc1. The van der Waals surface area contributed by atoms with Gasteiger partial charge in [-0.05, 0) is 42.8 Å². The van der Waals surface area contributed by atoms with Crippen LogP contribution in [0.3, 0.4) is 0 Å². The minimum atomic E-state index is 0.750. The smallest absolute Gasteiger partial charge is 0.168 e. The van der Waals surface area contributed by atoms with Gasteiger partial charge < -0.3 is 15.0 Å². The summed E-state index contributed by atoms with van der Waals surface area (Å²) in [6, 6.07) is 16.5. The van der Waals surface area contributed by atoms with E-state index in [4.69, 9.17) is 4.74 Å². The van der Waals surface area contributed by atoms with Crippen molar-refractivity contribution >= 4 is 28.2 Å². The van der Waals surface area contributed by atoms with Gasteiger partial charge in [-0.2, -0.15) is 5.10 Å². The molecule has 1 aliphatic heterocycles. The lowest BCUT2D eigenvalue weighted by atomic mass is 10.2. The molecule has 0 atom stereocenters. The van der Waals surface area contributed by atoms with Crippen LogP contribution in [0.4, 0.5) is 17.2 Å². The Bertz CT molecular complexity index is 1130. The van der Waals surface area contributed by atoms with Gasteiger partial charge in [-0.25, -0.2) is 14.6 Å². The van der Waals surface area contributed by atoms with Crippen molar-refractivity contribution in [3.05, 3.63) is 66.6 Å². The van der Waals surface area contributed by atoms with Gasteiger partial charge in [0.15, 0.2) is 5.65 Å². The summed E-state index contributed by atoms with van der Waals surface area (Å²) in [5.41, 5.74) is 5.12. The normalized spacial score (nSPS) is 14.3. The second kappa shape index (κ2) is 7.52. The quantitative estimate of drug-likeness (QED) is 0.577. The highest BCUT2D eigenvalue weighted by atomic mass is 16.5. The molecule has 29 heavy (non-hydrogen) atoms. The molecule has 0 unspecified atom stereocenters. The number of fused-ring (bicyclic) bond motifs is 1. The van der Waals surface area contributed by atoms with Crippen LogP contribution in [0.15, 0.2) is 61.1 Å². The molecule has 4 aromatic rings. The lowest BCUT2D eigenvalue weighted by molar-refractivity contribution is 0.122. The standard InChI is InChI=1S/C22H22N6O/c1-16-4-2-3-5-20(16)26-21-19-14-25-28(22(19)24-15-23-21)18-8-6-17(7-9-18)27-10-12-29-13-11-27/h2-9,14-15H,10-13H2,1H3,(H,23,24,26). The number of aromatic nitrogens is 4. The zero-order chi connectivity index (χ0) is 19.6. The molecule has 3 heterocycles. The number of benzene rings is 2. The Morgan fingerprint density at radius 3 is 2.48 bits per heavy atom. The van der Waals surface area contributed by atoms with E-state index >= 15 is 0 Å². The number of para-hydroxylation sites is 1. The van der Waals surface area contributed by atoms with E-state index in [1.54, 1.807) is 6.33 Å². The zero-order valence-electron chi connectivity index (χ0n) is 16.2. The molecular formula is C22H22N6O. The summed E-state index contributed by atoms with van der Waals surface area (Å²) in [5.74, 6) is 0.750. The Kier molecular flexibility index (Phi) is 4.57. The zero-order valence-corrected chi connectivity index (χ0v) is 16.2. The number of anilines is 3. The number of nitrogens with zero attached hydrogens (tertiary/aromatic N) is 5. The molecule has 1 N–H and O–H groups in total. The van der Waals surface area contributed by atoms with Gasteiger partial charge in [0.2, 0.25) is 0 Å². The first kappa shape index (κ1) is 17.6. The molecule has 5 rings (SSSR count). The molecule has 1 aliphatic rings. The minimum Gasteiger partial charge on any atom is -0.378 e. The Hall–Kier alpha value is -3.45. The van der Waals surface area contributed by atoms with E-state index in [9.17, 15) is 0 Å². The lowest BCUT2D eigenvalue weighted by Gasteiger charge is -2.28. The molecule has 0 saturated carbocycles. The van der Waals surface area contributed by atoms with Crippen LogP contribution in [0.25, 0.3) is 16.7 Å². The Morgan fingerprint density at radius 2 is 1.69 bits per heavy atom. The van der Waals surface area contributed by atoms with E-state index in [-0.39, 0.29) is 0 Å². The molecule has 146 valence electrons. The lowest BCUT2D eigenvalue weighted by Crippen LogP contribution is -2.36. The van der Waals surface area contributed by atoms with Crippen molar-refractivity contribution in [2.45, 2.75) is 6.92 Å². The third-order valence-corrected chi connectivity index (χ3v) is 5.23. The fraction of sp³-hybridized carbons (Fsp3) is 0.227. The molecule has 0 aliphatic carbocycles. The monoisotopic (exact) mass is 386 g/mol. The average Bonchev–Trinajstić information content (AvgIpc) is 3.21. The maximum Gasteiger partial charge on any atom is 0.168 e. The van der Waals surface area contributed by atoms with Gasteiger partial charge in [0, 0.05) is 24.5 Å². The van der Waals surface area contributed by atoms with E-state index in [0.717, 1.165) is 60.1 Å². The van der Waals surface area contributed by atoms with Crippen LogP contribution >= 0.6 is 0 Å². The van der Waals surface area contributed by atoms with E-state index in [1.165, 1.54) is 5.69 Å². The molecule has 0 bridgehead atoms. The van der Waals surface area contributed by atoms with E-state index in [0.29, 0.717) is 0 Å². The number of hydrogen-bond donors (Lipinski definition) is 1. The van der Waals surface area contributed by atoms with E-state index in [1.807, 2.05) is 29.1 Å². The average molecular weight is 386 g/mol. The van der Waals surface area contributed by atoms with Gasteiger partial charge in [0.1, 0.15) is 12.1 Å². The summed E-state index contributed by atoms with van der Waals surface area (Å²) in [5, 5.41) is 8.86. The van der Waals surface area contributed by atoms with E-state index in [2.05, 4.69) is 62.5 Å². The molecule has 7 nitrogen and oxygen atoms in total. The molecule has 7 heteroatoms. The molecule has 0 radical (unpaired) electrons. The topological polar surface area (TPSA) is 68.1 Å². The van der Waals surface area contributed by atoms with Crippen LogP contribution in [0.1, 0.15) is 5.56 Å². The predicted octanol–water partition coefficient (Wildman–Crippen LogP) is 3.70. The first-order valence-electron chi connectivity index (χ1n) is 9.74. The van der Waals surface area contributed by atoms with Gasteiger partial charge in [-0.1, -0.05) is 18.2 Å². The maximum atomic E-state index is 5.44. The summed E-state index contributed by atoms with van der Waals surface area (Å²) in [4.78, 5) is 11.2. The molecular weight excluding hydrogens is 364 g/mol. The maximum absolute atomic E-state index is 5.44. The largest absolute Gasteiger partial charge is 0.378 e. The highest BCUT2D eigenvalue weighted by molar-refractivity contribution is 5.89. The van der Waals surface area contributed by atoms with E-state index < -0.39 is 0 Å². The van der Waals surface area contributed by atoms with Crippen LogP contribution in [0.2, 0.25) is 0 Å². The highest BCUT2D eigenvalue weighted by Gasteiger charge is 2.14. The van der Waals surface area contributed by atoms with Gasteiger partial charge in [-0.15, -0.1) is 0 Å². The van der Waals surface area contributed by atoms with Gasteiger partial charge in [0.05, 0.1) is 30.5 Å². The number of morpholine rings is 1. The van der Waals surface area contributed by atoms with Crippen molar-refractivity contribution < 1.29 is 4.74 Å². The third kappa shape index (κ3) is 3.40. The first-order valence-corrected chi connectivity index (χ1v) is 9.74. The molecule has 2 aromatic carbocycles. The minimum absolute atomic E-state index is 0.750. The fourth-order valence-corrected chi connectivity index (χ4v) is 3.60. The van der Waals surface area contributed by atoms with Gasteiger partial charge >= 0.3 is 0 Å². The van der Waals surface area contributed by atoms with Gasteiger partial charge in [0.25, 0.3) is 0 Å². The molecule has 1 saturated heterocycles. The Labute approximate surface area is 169 Å². The molecule has 2 aromatic heterocycles. The van der Waals surface area contributed by atoms with Crippen molar-refractivity contribution in [3.8, 4) is 5.69 Å². The number of hydrogen-bond acceptors (Lipinski definition) is 6. The summed E-state index contributed by atoms with van der Waals surface area (Å²) in [6.45, 7) is 5.47. The van der Waals surface area contributed by atoms with Crippen molar-refractivity contribution in [1.29, 1.82) is 0 Å². The second-order valence-electron chi connectivity index (χ2n) is 7.07. The summed E-state index contributed by atoms with van der Waals surface area (Å²) in [6.07, 6.45) is 3.38. The molecule has 0 spiro atoms. The van der Waals surface area contributed by atoms with Crippen molar-refractivity contribution in [2.75, 3.05) is 36.5 Å². The molecule has 1 fully saturated rings. The number of nitrogens with one attached hydrogen (secondary N) is 1. The number of aryl methyl sites for hydroxylation is 1. The van der Waals surface area contributed by atoms with Crippen LogP contribution in [0, 0.1) is 6.92 Å². The second-order valence-corrected chi connectivity index (χ2v) is 7.07. The van der Waals surface area contributed by atoms with Crippen LogP contribution in [-0.4, -0.2) is 46.1 Å². The van der Waals surface area contributed by atoms with Crippen molar-refractivity contribution in [1.82, 2.24) is 19.7 Å². The Balaban J connectivity index is 1.46. The fourth-order valence-electron chi connectivity index (χ4n) is 3.60.